The second-order valence-electron chi connectivity index (χ2n) is 6.25. The number of rotatable bonds is 6. The summed E-state index contributed by atoms with van der Waals surface area (Å²) in [5.74, 6) is 4.50. The highest BCUT2D eigenvalue weighted by atomic mass is 79.9. The Morgan fingerprint density at radius 3 is 2.38 bits per heavy atom. The van der Waals surface area contributed by atoms with Crippen molar-refractivity contribution in [1.29, 1.82) is 0 Å². The molecule has 4 heteroatoms. The summed E-state index contributed by atoms with van der Waals surface area (Å²) < 4.78 is 12.0. The standard InChI is InChI=1S/C17H24BrNO2/c1-4-19-17(12-6-10-5-11(10)7-12)13-8-16(21-3)14(18)9-15(13)20-2/h8-12,17,19H,4-7H2,1-3H3. The van der Waals surface area contributed by atoms with Gasteiger partial charge in [0.1, 0.15) is 11.5 Å². The van der Waals surface area contributed by atoms with Gasteiger partial charge in [-0.3, -0.25) is 0 Å². The lowest BCUT2D eigenvalue weighted by molar-refractivity contribution is 0.327. The molecule has 0 radical (unpaired) electrons. The maximum atomic E-state index is 5.63. The molecule has 2 aliphatic rings. The van der Waals surface area contributed by atoms with Gasteiger partial charge in [0.2, 0.25) is 0 Å². The molecule has 3 unspecified atom stereocenters. The van der Waals surface area contributed by atoms with Gasteiger partial charge in [-0.15, -0.1) is 0 Å². The van der Waals surface area contributed by atoms with Gasteiger partial charge in [-0.05, 0) is 71.6 Å². The van der Waals surface area contributed by atoms with E-state index in [1.165, 1.54) is 24.8 Å². The molecule has 0 heterocycles. The van der Waals surface area contributed by atoms with Crippen molar-refractivity contribution in [1.82, 2.24) is 5.32 Å². The fourth-order valence-corrected chi connectivity index (χ4v) is 4.40. The Balaban J connectivity index is 1.93. The predicted molar refractivity (Wildman–Crippen MR) is 88.0 cm³/mol. The quantitative estimate of drug-likeness (QED) is 0.832. The van der Waals surface area contributed by atoms with Crippen LogP contribution >= 0.6 is 15.9 Å². The summed E-state index contributed by atoms with van der Waals surface area (Å²) in [7, 11) is 3.45. The number of hydrogen-bond donors (Lipinski definition) is 1. The summed E-state index contributed by atoms with van der Waals surface area (Å²) in [6, 6.07) is 4.51. The number of methoxy groups -OCH3 is 2. The van der Waals surface area contributed by atoms with Crippen molar-refractivity contribution in [3.05, 3.63) is 22.2 Å². The van der Waals surface area contributed by atoms with E-state index in [9.17, 15) is 0 Å². The number of nitrogens with one attached hydrogen (secondary N) is 1. The fraction of sp³-hybridized carbons (Fsp3) is 0.647. The molecule has 0 amide bonds. The predicted octanol–water partition coefficient (Wildman–Crippen LogP) is 4.16. The van der Waals surface area contributed by atoms with Gasteiger partial charge in [0.25, 0.3) is 0 Å². The summed E-state index contributed by atoms with van der Waals surface area (Å²) in [6.45, 7) is 3.14. The van der Waals surface area contributed by atoms with E-state index in [0.29, 0.717) is 12.0 Å². The van der Waals surface area contributed by atoms with E-state index in [2.05, 4.69) is 34.2 Å². The summed E-state index contributed by atoms with van der Waals surface area (Å²) >= 11 is 3.55. The zero-order valence-electron chi connectivity index (χ0n) is 13.0. The second kappa shape index (κ2) is 6.17. The van der Waals surface area contributed by atoms with Gasteiger partial charge in [-0.25, -0.2) is 0 Å². The average Bonchev–Trinajstić information content (AvgIpc) is 3.11. The zero-order valence-corrected chi connectivity index (χ0v) is 14.6. The normalized spacial score (nSPS) is 28.1. The Morgan fingerprint density at radius 1 is 1.14 bits per heavy atom. The molecule has 2 fully saturated rings. The van der Waals surface area contributed by atoms with Crippen LogP contribution in [0.1, 0.15) is 37.8 Å². The Hall–Kier alpha value is -0.740. The van der Waals surface area contributed by atoms with E-state index in [1.54, 1.807) is 14.2 Å². The molecule has 1 aromatic carbocycles. The van der Waals surface area contributed by atoms with Gasteiger partial charge in [-0.2, -0.15) is 0 Å². The Morgan fingerprint density at radius 2 is 1.81 bits per heavy atom. The van der Waals surface area contributed by atoms with Crippen molar-refractivity contribution in [2.24, 2.45) is 17.8 Å². The molecule has 0 saturated heterocycles. The maximum Gasteiger partial charge on any atom is 0.133 e. The Kier molecular flexibility index (Phi) is 4.46. The van der Waals surface area contributed by atoms with Crippen LogP contribution in [-0.4, -0.2) is 20.8 Å². The molecule has 3 atom stereocenters. The van der Waals surface area contributed by atoms with Gasteiger partial charge in [0.05, 0.1) is 18.7 Å². The molecule has 2 saturated carbocycles. The molecule has 116 valence electrons. The molecule has 21 heavy (non-hydrogen) atoms. The molecule has 0 bridgehead atoms. The molecular formula is C17H24BrNO2. The number of ether oxygens (including phenoxy) is 2. The first kappa shape index (κ1) is 15.2. The highest BCUT2D eigenvalue weighted by molar-refractivity contribution is 9.10. The minimum atomic E-state index is 0.361. The average molecular weight is 354 g/mol. The lowest BCUT2D eigenvalue weighted by Crippen LogP contribution is -2.28. The van der Waals surface area contributed by atoms with Crippen LogP contribution in [0, 0.1) is 17.8 Å². The van der Waals surface area contributed by atoms with E-state index in [-0.39, 0.29) is 0 Å². The molecule has 0 aliphatic heterocycles. The largest absolute Gasteiger partial charge is 0.496 e. The highest BCUT2D eigenvalue weighted by Gasteiger charge is 2.48. The summed E-state index contributed by atoms with van der Waals surface area (Å²) in [4.78, 5) is 0. The molecule has 0 spiro atoms. The molecule has 1 N–H and O–H groups in total. The van der Waals surface area contributed by atoms with Crippen molar-refractivity contribution < 1.29 is 9.47 Å². The Labute approximate surface area is 135 Å². The first-order valence-electron chi connectivity index (χ1n) is 7.82. The minimum absolute atomic E-state index is 0.361. The van der Waals surface area contributed by atoms with Crippen LogP contribution in [-0.2, 0) is 0 Å². The smallest absolute Gasteiger partial charge is 0.133 e. The third-order valence-electron chi connectivity index (χ3n) is 5.01. The van der Waals surface area contributed by atoms with Crippen LogP contribution in [0.15, 0.2) is 16.6 Å². The number of halogens is 1. The van der Waals surface area contributed by atoms with Gasteiger partial charge < -0.3 is 14.8 Å². The first-order valence-corrected chi connectivity index (χ1v) is 8.62. The summed E-state index contributed by atoms with van der Waals surface area (Å²) in [5, 5.41) is 3.68. The van der Waals surface area contributed by atoms with Crippen molar-refractivity contribution in [3.63, 3.8) is 0 Å². The molecular weight excluding hydrogens is 330 g/mol. The van der Waals surface area contributed by atoms with Gasteiger partial charge in [-0.1, -0.05) is 6.92 Å². The van der Waals surface area contributed by atoms with Crippen LogP contribution in [0.3, 0.4) is 0 Å². The van der Waals surface area contributed by atoms with Crippen LogP contribution in [0.2, 0.25) is 0 Å². The van der Waals surface area contributed by atoms with Crippen LogP contribution < -0.4 is 14.8 Å². The van der Waals surface area contributed by atoms with E-state index in [0.717, 1.165) is 34.4 Å². The van der Waals surface area contributed by atoms with Crippen LogP contribution in [0.4, 0.5) is 0 Å². The van der Waals surface area contributed by atoms with Crippen LogP contribution in [0.5, 0.6) is 11.5 Å². The van der Waals surface area contributed by atoms with E-state index in [4.69, 9.17) is 9.47 Å². The molecule has 3 nitrogen and oxygen atoms in total. The topological polar surface area (TPSA) is 30.5 Å². The first-order chi connectivity index (χ1) is 10.2. The molecule has 2 aliphatic carbocycles. The number of benzene rings is 1. The highest BCUT2D eigenvalue weighted by Crippen LogP contribution is 2.57. The number of fused-ring (bicyclic) bond motifs is 1. The maximum absolute atomic E-state index is 5.63. The van der Waals surface area contributed by atoms with Gasteiger partial charge >= 0.3 is 0 Å². The second-order valence-corrected chi connectivity index (χ2v) is 7.11. The lowest BCUT2D eigenvalue weighted by Gasteiger charge is -2.28. The minimum Gasteiger partial charge on any atom is -0.496 e. The SMILES string of the molecule is CCNC(c1cc(OC)c(Br)cc1OC)C1CC2CC2C1. The monoisotopic (exact) mass is 353 g/mol. The van der Waals surface area contributed by atoms with Gasteiger partial charge in [0.15, 0.2) is 0 Å². The molecule has 3 rings (SSSR count). The molecule has 1 aromatic rings. The summed E-state index contributed by atoms with van der Waals surface area (Å²) in [5.41, 5.74) is 1.23. The van der Waals surface area contributed by atoms with Crippen molar-refractivity contribution in [2.45, 2.75) is 32.2 Å². The third kappa shape index (κ3) is 2.93. The third-order valence-corrected chi connectivity index (χ3v) is 5.63. The summed E-state index contributed by atoms with van der Waals surface area (Å²) in [6.07, 6.45) is 4.16. The lowest BCUT2D eigenvalue weighted by atomic mass is 9.88. The van der Waals surface area contributed by atoms with Crippen molar-refractivity contribution >= 4 is 15.9 Å². The number of hydrogen-bond acceptors (Lipinski definition) is 3. The fourth-order valence-electron chi connectivity index (χ4n) is 3.91. The van der Waals surface area contributed by atoms with Gasteiger partial charge in [0, 0.05) is 11.6 Å². The zero-order chi connectivity index (χ0) is 15.0. The van der Waals surface area contributed by atoms with Crippen LogP contribution in [0.25, 0.3) is 0 Å². The van der Waals surface area contributed by atoms with E-state index in [1.807, 2.05) is 6.07 Å². The van der Waals surface area contributed by atoms with Crippen molar-refractivity contribution in [2.75, 3.05) is 20.8 Å². The van der Waals surface area contributed by atoms with E-state index < -0.39 is 0 Å². The van der Waals surface area contributed by atoms with Crippen molar-refractivity contribution in [3.8, 4) is 11.5 Å². The van der Waals surface area contributed by atoms with E-state index >= 15 is 0 Å². The Bertz CT molecular complexity index is 510. The molecule has 0 aromatic heterocycles.